The van der Waals surface area contributed by atoms with Crippen LogP contribution in [0.15, 0.2) is 0 Å². The number of rotatable bonds is 33. The van der Waals surface area contributed by atoms with Gasteiger partial charge in [0, 0.05) is 40.0 Å². The maximum absolute atomic E-state index is 12.5. The molecule has 0 spiro atoms. The van der Waals surface area contributed by atoms with Crippen LogP contribution in [0.2, 0.25) is 0 Å². The molecule has 0 heterocycles. The zero-order valence-corrected chi connectivity index (χ0v) is 29.3. The van der Waals surface area contributed by atoms with Crippen LogP contribution < -0.4 is 0 Å². The second kappa shape index (κ2) is 32.8. The molecule has 0 unspecified atom stereocenters. The fraction of sp³-hybridized carbons (Fsp3) is 0.947. The van der Waals surface area contributed by atoms with Crippen LogP contribution in [0, 0.1) is 0 Å². The molecule has 4 nitrogen and oxygen atoms in total. The summed E-state index contributed by atoms with van der Waals surface area (Å²) in [5.41, 5.74) is 0. The molecule has 0 aromatic carbocycles. The second-order valence-electron chi connectivity index (χ2n) is 13.3. The fourth-order valence-corrected chi connectivity index (χ4v) is 5.93. The lowest BCUT2D eigenvalue weighted by molar-refractivity contribution is -0.135. The minimum atomic E-state index is 0.114. The molecule has 0 aliphatic heterocycles. The summed E-state index contributed by atoms with van der Waals surface area (Å²) in [7, 11) is 3.79. The van der Waals surface area contributed by atoms with E-state index < -0.39 is 0 Å². The second-order valence-corrected chi connectivity index (χ2v) is 13.3. The van der Waals surface area contributed by atoms with Crippen LogP contribution in [-0.4, -0.2) is 48.8 Å². The lowest BCUT2D eigenvalue weighted by Gasteiger charge is -2.19. The molecule has 0 saturated heterocycles. The lowest BCUT2D eigenvalue weighted by atomic mass is 10.0. The van der Waals surface area contributed by atoms with E-state index in [-0.39, 0.29) is 11.8 Å². The van der Waals surface area contributed by atoms with Gasteiger partial charge in [-0.05, 0) is 12.8 Å². The average molecular weight is 593 g/mol. The average Bonchev–Trinajstić information content (AvgIpc) is 2.99. The third-order valence-corrected chi connectivity index (χ3v) is 9.10. The van der Waals surface area contributed by atoms with Gasteiger partial charge in [-0.25, -0.2) is 0 Å². The summed E-state index contributed by atoms with van der Waals surface area (Å²) in [6.07, 6.45) is 38.5. The SMILES string of the molecule is CCCCCCCCCCCCCCCCN(C)C(=O)CCC(=O)N(C)CCCCCCCCCCCCCCCC. The molecule has 250 valence electrons. The van der Waals surface area contributed by atoms with E-state index in [4.69, 9.17) is 0 Å². The van der Waals surface area contributed by atoms with E-state index in [2.05, 4.69) is 13.8 Å². The topological polar surface area (TPSA) is 40.6 Å². The highest BCUT2D eigenvalue weighted by atomic mass is 16.2. The minimum absolute atomic E-state index is 0.114. The molecule has 2 amide bonds. The molecule has 4 heteroatoms. The molecule has 0 aromatic heterocycles. The Kier molecular flexibility index (Phi) is 32.0. The Morgan fingerprint density at radius 3 is 0.738 bits per heavy atom. The summed E-state index contributed by atoms with van der Waals surface area (Å²) < 4.78 is 0. The molecule has 0 aromatic rings. The third-order valence-electron chi connectivity index (χ3n) is 9.10. The molecule has 0 N–H and O–H groups in total. The Morgan fingerprint density at radius 1 is 0.333 bits per heavy atom. The lowest BCUT2D eigenvalue weighted by Crippen LogP contribution is -2.31. The van der Waals surface area contributed by atoms with Gasteiger partial charge in [0.1, 0.15) is 0 Å². The summed E-state index contributed by atoms with van der Waals surface area (Å²) >= 11 is 0. The molecule has 0 fully saturated rings. The highest BCUT2D eigenvalue weighted by Crippen LogP contribution is 2.15. The molecule has 0 rings (SSSR count). The third kappa shape index (κ3) is 29.0. The Balaban J connectivity index is 3.52. The Hall–Kier alpha value is -1.06. The van der Waals surface area contributed by atoms with E-state index in [9.17, 15) is 9.59 Å². The van der Waals surface area contributed by atoms with Crippen molar-refractivity contribution in [3.05, 3.63) is 0 Å². The number of carbonyl (C=O) groups excluding carboxylic acids is 2. The minimum Gasteiger partial charge on any atom is -0.346 e. The molecule has 0 bridgehead atoms. The summed E-state index contributed by atoms with van der Waals surface area (Å²) in [5.74, 6) is 0.228. The number of amides is 2. The van der Waals surface area contributed by atoms with Gasteiger partial charge < -0.3 is 9.80 Å². The van der Waals surface area contributed by atoms with Gasteiger partial charge in [-0.1, -0.05) is 181 Å². The van der Waals surface area contributed by atoms with Gasteiger partial charge in [-0.2, -0.15) is 0 Å². The smallest absolute Gasteiger partial charge is 0.222 e. The van der Waals surface area contributed by atoms with E-state index in [1.165, 1.54) is 167 Å². The van der Waals surface area contributed by atoms with Gasteiger partial charge in [0.15, 0.2) is 0 Å². The molecule has 0 saturated carbocycles. The largest absolute Gasteiger partial charge is 0.346 e. The zero-order chi connectivity index (χ0) is 30.9. The van der Waals surface area contributed by atoms with Crippen molar-refractivity contribution in [2.45, 2.75) is 206 Å². The molecule has 0 aliphatic rings. The van der Waals surface area contributed by atoms with E-state index in [0.717, 1.165) is 25.9 Å². The van der Waals surface area contributed by atoms with Crippen molar-refractivity contribution in [2.24, 2.45) is 0 Å². The van der Waals surface area contributed by atoms with Gasteiger partial charge in [0.2, 0.25) is 11.8 Å². The maximum Gasteiger partial charge on any atom is 0.222 e. The molecular weight excluding hydrogens is 516 g/mol. The highest BCUT2D eigenvalue weighted by molar-refractivity contribution is 5.83. The summed E-state index contributed by atoms with van der Waals surface area (Å²) in [4.78, 5) is 28.6. The van der Waals surface area contributed by atoms with Gasteiger partial charge in [0.25, 0.3) is 0 Å². The molecule has 42 heavy (non-hydrogen) atoms. The zero-order valence-electron chi connectivity index (χ0n) is 29.3. The van der Waals surface area contributed by atoms with E-state index in [1.54, 1.807) is 0 Å². The van der Waals surface area contributed by atoms with Crippen molar-refractivity contribution < 1.29 is 9.59 Å². The maximum atomic E-state index is 12.5. The Bertz CT molecular complexity index is 529. The van der Waals surface area contributed by atoms with Crippen LogP contribution in [0.3, 0.4) is 0 Å². The first-order valence-corrected chi connectivity index (χ1v) is 19.0. The van der Waals surface area contributed by atoms with Crippen LogP contribution in [0.5, 0.6) is 0 Å². The van der Waals surface area contributed by atoms with Crippen molar-refractivity contribution in [3.8, 4) is 0 Å². The summed E-state index contributed by atoms with van der Waals surface area (Å²) in [5, 5.41) is 0. The number of carbonyl (C=O) groups is 2. The molecule has 0 radical (unpaired) electrons. The van der Waals surface area contributed by atoms with Crippen molar-refractivity contribution in [3.63, 3.8) is 0 Å². The summed E-state index contributed by atoms with van der Waals surface area (Å²) in [6, 6.07) is 0. The van der Waals surface area contributed by atoms with Crippen LogP contribution in [-0.2, 0) is 9.59 Å². The first-order valence-electron chi connectivity index (χ1n) is 19.0. The Morgan fingerprint density at radius 2 is 0.524 bits per heavy atom. The number of unbranched alkanes of at least 4 members (excludes halogenated alkanes) is 26. The predicted octanol–water partition coefficient (Wildman–Crippen LogP) is 11.6. The van der Waals surface area contributed by atoms with E-state index in [1.807, 2.05) is 23.9 Å². The monoisotopic (exact) mass is 593 g/mol. The van der Waals surface area contributed by atoms with Gasteiger partial charge in [0.05, 0.1) is 0 Å². The summed E-state index contributed by atoms with van der Waals surface area (Å²) in [6.45, 7) is 6.20. The Labute approximate surface area is 264 Å². The van der Waals surface area contributed by atoms with Crippen LogP contribution >= 0.6 is 0 Å². The van der Waals surface area contributed by atoms with Crippen molar-refractivity contribution in [2.75, 3.05) is 27.2 Å². The van der Waals surface area contributed by atoms with Gasteiger partial charge in [-0.3, -0.25) is 9.59 Å². The highest BCUT2D eigenvalue weighted by Gasteiger charge is 2.14. The first-order chi connectivity index (χ1) is 20.5. The molecular formula is C38H76N2O2. The number of nitrogens with zero attached hydrogens (tertiary/aromatic N) is 2. The van der Waals surface area contributed by atoms with E-state index in [0.29, 0.717) is 12.8 Å². The van der Waals surface area contributed by atoms with Crippen LogP contribution in [0.4, 0.5) is 0 Å². The fourth-order valence-electron chi connectivity index (χ4n) is 5.93. The predicted molar refractivity (Wildman–Crippen MR) is 185 cm³/mol. The quantitative estimate of drug-likeness (QED) is 0.0711. The number of hydrogen-bond donors (Lipinski definition) is 0. The van der Waals surface area contributed by atoms with Crippen molar-refractivity contribution in [1.29, 1.82) is 0 Å². The van der Waals surface area contributed by atoms with Crippen LogP contribution in [0.1, 0.15) is 206 Å². The van der Waals surface area contributed by atoms with Gasteiger partial charge >= 0.3 is 0 Å². The van der Waals surface area contributed by atoms with Gasteiger partial charge in [-0.15, -0.1) is 0 Å². The normalized spacial score (nSPS) is 11.2. The van der Waals surface area contributed by atoms with Crippen LogP contribution in [0.25, 0.3) is 0 Å². The standard InChI is InChI=1S/C38H76N2O2/c1-5-7-9-11-13-15-17-19-21-23-25-27-29-31-35-39(3)37(41)33-34-38(42)40(4)36-32-30-28-26-24-22-20-18-16-14-12-10-8-6-2/h5-36H2,1-4H3. The number of hydrogen-bond acceptors (Lipinski definition) is 2. The van der Waals surface area contributed by atoms with Crippen molar-refractivity contribution in [1.82, 2.24) is 9.80 Å². The van der Waals surface area contributed by atoms with E-state index >= 15 is 0 Å². The molecule has 0 aliphatic carbocycles. The first kappa shape index (κ1) is 40.9. The van der Waals surface area contributed by atoms with Crippen molar-refractivity contribution >= 4 is 11.8 Å². The molecule has 0 atom stereocenters.